The number of carbonyl (C=O) groups excluding carboxylic acids is 1. The molecule has 0 saturated carbocycles. The largest absolute Gasteiger partial charge is 0.427 e. The summed E-state index contributed by atoms with van der Waals surface area (Å²) in [6, 6.07) is 3.10. The predicted octanol–water partition coefficient (Wildman–Crippen LogP) is 3.08. The van der Waals surface area contributed by atoms with Crippen LogP contribution in [-0.2, 0) is 16.0 Å². The van der Waals surface area contributed by atoms with Gasteiger partial charge >= 0.3 is 5.84 Å². The molecule has 0 spiro atoms. The van der Waals surface area contributed by atoms with Crippen molar-refractivity contribution in [1.29, 1.82) is 0 Å². The molecule has 0 atom stereocenters. The van der Waals surface area contributed by atoms with Crippen molar-refractivity contribution in [2.45, 2.75) is 19.9 Å². The molecular formula is C18H19F2N3O4. The number of rotatable bonds is 7. The van der Waals surface area contributed by atoms with Gasteiger partial charge in [0.15, 0.2) is 5.78 Å². The lowest BCUT2D eigenvalue weighted by molar-refractivity contribution is -0.191. The summed E-state index contributed by atoms with van der Waals surface area (Å²) in [7, 11) is 4.79. The van der Waals surface area contributed by atoms with E-state index < -0.39 is 18.0 Å². The number of hydrogen-bond acceptors (Lipinski definition) is 6. The number of aromatic nitrogens is 2. The van der Waals surface area contributed by atoms with Crippen LogP contribution in [0.1, 0.15) is 23.2 Å². The van der Waals surface area contributed by atoms with Gasteiger partial charge in [-0.1, -0.05) is 0 Å². The van der Waals surface area contributed by atoms with E-state index in [-0.39, 0.29) is 28.6 Å². The van der Waals surface area contributed by atoms with Crippen molar-refractivity contribution in [2.24, 2.45) is 0 Å². The third-order valence-electron chi connectivity index (χ3n) is 4.06. The van der Waals surface area contributed by atoms with Gasteiger partial charge in [-0.05, 0) is 19.2 Å². The van der Waals surface area contributed by atoms with Crippen LogP contribution in [0.4, 0.5) is 8.78 Å². The summed E-state index contributed by atoms with van der Waals surface area (Å²) in [5.74, 6) is -1.20. The third-order valence-corrected chi connectivity index (χ3v) is 4.06. The first kappa shape index (κ1) is 19.2. The van der Waals surface area contributed by atoms with Crippen LogP contribution < -0.4 is 0 Å². The number of hydrogen-bond donors (Lipinski definition) is 0. The van der Waals surface area contributed by atoms with Crippen LogP contribution in [0, 0.1) is 11.6 Å². The zero-order valence-electron chi connectivity index (χ0n) is 15.3. The fourth-order valence-corrected chi connectivity index (χ4v) is 2.95. The van der Waals surface area contributed by atoms with Gasteiger partial charge in [-0.2, -0.15) is 4.98 Å². The molecule has 0 aliphatic rings. The number of carbonyl (C=O) groups is 1. The van der Waals surface area contributed by atoms with Gasteiger partial charge in [-0.3, -0.25) is 14.1 Å². The zero-order chi connectivity index (χ0) is 19.7. The van der Waals surface area contributed by atoms with Crippen LogP contribution in [0.15, 0.2) is 28.8 Å². The van der Waals surface area contributed by atoms with E-state index in [0.29, 0.717) is 12.3 Å². The van der Waals surface area contributed by atoms with E-state index in [1.54, 1.807) is 18.1 Å². The van der Waals surface area contributed by atoms with Crippen molar-refractivity contribution in [3.05, 3.63) is 47.5 Å². The minimum Gasteiger partial charge on any atom is -0.427 e. The van der Waals surface area contributed by atoms with E-state index in [1.807, 2.05) is 0 Å². The summed E-state index contributed by atoms with van der Waals surface area (Å²) in [5, 5.41) is 0. The number of imidazole rings is 1. The summed E-state index contributed by atoms with van der Waals surface area (Å²) >= 11 is 0. The van der Waals surface area contributed by atoms with Gasteiger partial charge < -0.3 is 13.9 Å². The average Bonchev–Trinajstić information content (AvgIpc) is 3.12. The second kappa shape index (κ2) is 7.55. The van der Waals surface area contributed by atoms with Gasteiger partial charge in [0.2, 0.25) is 6.41 Å². The van der Waals surface area contributed by atoms with Crippen molar-refractivity contribution in [3.8, 4) is 11.3 Å². The lowest BCUT2D eigenvalue weighted by Crippen LogP contribution is -2.34. The Hall–Kier alpha value is -2.62. The third kappa shape index (κ3) is 3.61. The number of ether oxygens (including phenoxy) is 2. The molecule has 0 fully saturated rings. The summed E-state index contributed by atoms with van der Waals surface area (Å²) in [5.41, 5.74) is 0.284. The molecule has 1 aromatic carbocycles. The fraction of sp³-hybridized carbons (Fsp3) is 0.333. The number of benzene rings is 1. The molecule has 2 aromatic heterocycles. The van der Waals surface area contributed by atoms with Crippen molar-refractivity contribution >= 4 is 11.6 Å². The number of methoxy groups -OCH3 is 2. The first-order chi connectivity index (χ1) is 12.8. The van der Waals surface area contributed by atoms with Crippen LogP contribution in [0.3, 0.4) is 0 Å². The number of fused-ring (bicyclic) bond motifs is 1. The highest BCUT2D eigenvalue weighted by atomic mass is 19.1. The Morgan fingerprint density at radius 1 is 1.33 bits per heavy atom. The smallest absolute Gasteiger partial charge is 0.307 e. The van der Waals surface area contributed by atoms with Crippen molar-refractivity contribution in [3.63, 3.8) is 0 Å². The molecule has 27 heavy (non-hydrogen) atoms. The van der Waals surface area contributed by atoms with E-state index in [4.69, 9.17) is 13.9 Å². The molecule has 0 aliphatic carbocycles. The Morgan fingerprint density at radius 2 is 2.04 bits per heavy atom. The molecule has 0 aliphatic heterocycles. The maximum absolute atomic E-state index is 14.2. The molecule has 0 unspecified atom stereocenters. The van der Waals surface area contributed by atoms with Crippen LogP contribution in [-0.4, -0.2) is 47.7 Å². The van der Waals surface area contributed by atoms with Gasteiger partial charge in [-0.15, -0.1) is 0 Å². The van der Waals surface area contributed by atoms with Crippen LogP contribution >= 0.6 is 0 Å². The molecule has 0 saturated heterocycles. The Kier molecular flexibility index (Phi) is 5.36. The van der Waals surface area contributed by atoms with Crippen molar-refractivity contribution < 1.29 is 27.5 Å². The number of nitrogens with zero attached hydrogens (tertiary/aromatic N) is 3. The van der Waals surface area contributed by atoms with E-state index >= 15 is 0 Å². The van der Waals surface area contributed by atoms with Gasteiger partial charge in [0.05, 0.1) is 12.7 Å². The van der Waals surface area contributed by atoms with Gasteiger partial charge in [0, 0.05) is 32.8 Å². The van der Waals surface area contributed by atoms with E-state index in [9.17, 15) is 13.6 Å². The number of Topliss-reactive ketones (excluding diaryl/α,β-unsaturated/α-hetero) is 1. The first-order valence-corrected chi connectivity index (χ1v) is 8.08. The van der Waals surface area contributed by atoms with Gasteiger partial charge in [-0.25, -0.2) is 8.78 Å². The molecule has 0 N–H and O–H groups in total. The molecule has 3 aromatic rings. The molecule has 2 heterocycles. The fourth-order valence-electron chi connectivity index (χ4n) is 2.95. The Morgan fingerprint density at radius 3 is 2.63 bits per heavy atom. The average molecular weight is 379 g/mol. The van der Waals surface area contributed by atoms with Crippen LogP contribution in [0.25, 0.3) is 17.1 Å². The Labute approximate surface area is 154 Å². The first-order valence-electron chi connectivity index (χ1n) is 8.08. The topological polar surface area (TPSA) is 69.2 Å². The quantitative estimate of drug-likeness (QED) is 0.464. The van der Waals surface area contributed by atoms with Crippen LogP contribution in [0.2, 0.25) is 0 Å². The minimum atomic E-state index is -0.804. The summed E-state index contributed by atoms with van der Waals surface area (Å²) in [4.78, 5) is 18.2. The van der Waals surface area contributed by atoms with E-state index in [0.717, 1.165) is 12.1 Å². The Bertz CT molecular complexity index is 979. The molecule has 0 radical (unpaired) electrons. The lowest BCUT2D eigenvalue weighted by atomic mass is 10.1. The highest BCUT2D eigenvalue weighted by Crippen LogP contribution is 2.29. The molecule has 0 bridgehead atoms. The standard InChI is InChI=1S/C18H19F2N3O4/c1-10(24)16-15(13-6-5-11(19)7-14(13)20)21-17-23(16)9-12(27-17)8-22(2)18(25-3)26-4/h5-7,9,18H,8H2,1-4H3. The minimum absolute atomic E-state index is 0.0259. The SMILES string of the molecule is COC(OC)N(C)Cc1cn2c(C(C)=O)c(-c3ccc(F)cc3F)nc2o1. The van der Waals surface area contributed by atoms with Crippen LogP contribution in [0.5, 0.6) is 0 Å². The van der Waals surface area contributed by atoms with Crippen molar-refractivity contribution in [2.75, 3.05) is 21.3 Å². The lowest BCUT2D eigenvalue weighted by Gasteiger charge is -2.23. The maximum Gasteiger partial charge on any atom is 0.307 e. The highest BCUT2D eigenvalue weighted by Gasteiger charge is 2.24. The number of halogens is 2. The monoisotopic (exact) mass is 379 g/mol. The highest BCUT2D eigenvalue weighted by molar-refractivity contribution is 5.99. The second-order valence-corrected chi connectivity index (χ2v) is 6.03. The summed E-state index contributed by atoms with van der Waals surface area (Å²) < 4.78 is 44.8. The predicted molar refractivity (Wildman–Crippen MR) is 92.1 cm³/mol. The van der Waals surface area contributed by atoms with E-state index in [1.165, 1.54) is 31.6 Å². The number of oxazole rings is 1. The van der Waals surface area contributed by atoms with Gasteiger partial charge in [0.25, 0.3) is 0 Å². The second-order valence-electron chi connectivity index (χ2n) is 6.03. The maximum atomic E-state index is 14.2. The van der Waals surface area contributed by atoms with Gasteiger partial charge in [0.1, 0.15) is 28.8 Å². The molecule has 144 valence electrons. The number of ketones is 1. The molecule has 0 amide bonds. The molecule has 9 heteroatoms. The summed E-state index contributed by atoms with van der Waals surface area (Å²) in [6.07, 6.45) is 1.03. The normalized spacial score (nSPS) is 11.9. The van der Waals surface area contributed by atoms with Crippen molar-refractivity contribution in [1.82, 2.24) is 14.3 Å². The van der Waals surface area contributed by atoms with E-state index in [2.05, 4.69) is 4.98 Å². The summed E-state index contributed by atoms with van der Waals surface area (Å²) in [6.45, 7) is 1.67. The Balaban J connectivity index is 2.03. The molecular weight excluding hydrogens is 360 g/mol. The molecule has 3 rings (SSSR count). The molecule has 7 nitrogen and oxygen atoms in total. The zero-order valence-corrected chi connectivity index (χ0v) is 15.3.